The molecule has 1 aromatic heterocycles. The van der Waals surface area contributed by atoms with E-state index in [1.165, 1.54) is 23.2 Å². The van der Waals surface area contributed by atoms with E-state index in [9.17, 15) is 9.59 Å². The SMILES string of the molecule is COCc1cccc(C(=O)OCc2csc(N(C(C)=O)c3ccccc3)n2)c1. The molecule has 0 N–H and O–H groups in total. The van der Waals surface area contributed by atoms with Crippen LogP contribution in [-0.2, 0) is 27.5 Å². The largest absolute Gasteiger partial charge is 0.456 e. The third-order valence-corrected chi connectivity index (χ3v) is 4.76. The highest BCUT2D eigenvalue weighted by Gasteiger charge is 2.18. The van der Waals surface area contributed by atoms with E-state index in [4.69, 9.17) is 9.47 Å². The van der Waals surface area contributed by atoms with Crippen molar-refractivity contribution in [1.82, 2.24) is 4.98 Å². The minimum absolute atomic E-state index is 0.0321. The number of carbonyl (C=O) groups excluding carboxylic acids is 2. The molecule has 1 heterocycles. The van der Waals surface area contributed by atoms with Crippen LogP contribution in [0.25, 0.3) is 0 Å². The molecule has 0 saturated carbocycles. The van der Waals surface area contributed by atoms with Gasteiger partial charge in [-0.25, -0.2) is 9.78 Å². The second-order valence-electron chi connectivity index (χ2n) is 6.02. The molecule has 6 nitrogen and oxygen atoms in total. The Balaban J connectivity index is 1.68. The van der Waals surface area contributed by atoms with Crippen LogP contribution in [-0.4, -0.2) is 24.0 Å². The van der Waals surface area contributed by atoms with E-state index in [-0.39, 0.29) is 12.5 Å². The molecule has 0 aliphatic rings. The van der Waals surface area contributed by atoms with Gasteiger partial charge in [0.05, 0.1) is 23.6 Å². The lowest BCUT2D eigenvalue weighted by Gasteiger charge is -2.17. The number of ether oxygens (including phenoxy) is 2. The van der Waals surface area contributed by atoms with Crippen molar-refractivity contribution in [3.8, 4) is 0 Å². The van der Waals surface area contributed by atoms with Crippen LogP contribution in [0.3, 0.4) is 0 Å². The van der Waals surface area contributed by atoms with E-state index in [2.05, 4.69) is 4.98 Å². The topological polar surface area (TPSA) is 68.7 Å². The van der Waals surface area contributed by atoms with E-state index >= 15 is 0 Å². The quantitative estimate of drug-likeness (QED) is 0.556. The maximum Gasteiger partial charge on any atom is 0.338 e. The number of aromatic nitrogens is 1. The highest BCUT2D eigenvalue weighted by atomic mass is 32.1. The Hall–Kier alpha value is -3.03. The molecule has 0 saturated heterocycles. The fraction of sp³-hybridized carbons (Fsp3) is 0.190. The van der Waals surface area contributed by atoms with Crippen LogP contribution in [0.1, 0.15) is 28.5 Å². The van der Waals surface area contributed by atoms with E-state index in [0.717, 1.165) is 11.3 Å². The van der Waals surface area contributed by atoms with Gasteiger partial charge >= 0.3 is 5.97 Å². The molecule has 0 radical (unpaired) electrons. The van der Waals surface area contributed by atoms with Crippen molar-refractivity contribution in [1.29, 1.82) is 0 Å². The van der Waals surface area contributed by atoms with Crippen molar-refractivity contribution in [3.63, 3.8) is 0 Å². The van der Waals surface area contributed by atoms with Gasteiger partial charge in [0.15, 0.2) is 5.13 Å². The minimum Gasteiger partial charge on any atom is -0.456 e. The fourth-order valence-corrected chi connectivity index (χ4v) is 3.52. The number of rotatable bonds is 7. The molecule has 2 aromatic carbocycles. The number of anilines is 2. The summed E-state index contributed by atoms with van der Waals surface area (Å²) in [6.07, 6.45) is 0. The fourth-order valence-electron chi connectivity index (χ4n) is 2.65. The van der Waals surface area contributed by atoms with E-state index < -0.39 is 5.97 Å². The number of hydrogen-bond donors (Lipinski definition) is 0. The molecule has 0 fully saturated rings. The lowest BCUT2D eigenvalue weighted by atomic mass is 10.1. The molecule has 0 aliphatic carbocycles. The summed E-state index contributed by atoms with van der Waals surface area (Å²) < 4.78 is 10.4. The van der Waals surface area contributed by atoms with E-state index in [1.54, 1.807) is 30.7 Å². The summed E-state index contributed by atoms with van der Waals surface area (Å²) in [5.41, 5.74) is 2.68. The predicted octanol–water partition coefficient (Wildman–Crippen LogP) is 4.33. The summed E-state index contributed by atoms with van der Waals surface area (Å²) >= 11 is 1.32. The zero-order chi connectivity index (χ0) is 19.9. The lowest BCUT2D eigenvalue weighted by molar-refractivity contribution is -0.115. The van der Waals surface area contributed by atoms with Gasteiger partial charge in [0, 0.05) is 19.4 Å². The van der Waals surface area contributed by atoms with Crippen LogP contribution in [0.15, 0.2) is 60.0 Å². The summed E-state index contributed by atoms with van der Waals surface area (Å²) in [4.78, 5) is 30.4. The number of esters is 1. The lowest BCUT2D eigenvalue weighted by Crippen LogP contribution is -2.22. The molecule has 3 aromatic rings. The summed E-state index contributed by atoms with van der Waals surface area (Å²) in [5.74, 6) is -0.571. The zero-order valence-corrected chi connectivity index (χ0v) is 16.4. The predicted molar refractivity (Wildman–Crippen MR) is 108 cm³/mol. The summed E-state index contributed by atoms with van der Waals surface area (Å²) in [7, 11) is 1.60. The van der Waals surface area contributed by atoms with Gasteiger partial charge in [0.25, 0.3) is 0 Å². The smallest absolute Gasteiger partial charge is 0.338 e. The van der Waals surface area contributed by atoms with Crippen molar-refractivity contribution < 1.29 is 19.1 Å². The first kappa shape index (κ1) is 19.7. The average molecular weight is 396 g/mol. The third-order valence-electron chi connectivity index (χ3n) is 3.89. The first-order chi connectivity index (χ1) is 13.6. The Labute approximate surface area is 167 Å². The Morgan fingerprint density at radius 2 is 1.86 bits per heavy atom. The molecule has 0 aliphatic heterocycles. The van der Waals surface area contributed by atoms with Crippen molar-refractivity contribution in [2.45, 2.75) is 20.1 Å². The molecule has 0 spiro atoms. The summed E-state index contributed by atoms with van der Waals surface area (Å²) in [6, 6.07) is 16.4. The van der Waals surface area contributed by atoms with E-state index in [1.807, 2.05) is 36.4 Å². The zero-order valence-electron chi connectivity index (χ0n) is 15.6. The molecular formula is C21H20N2O4S. The van der Waals surface area contributed by atoms with Crippen molar-refractivity contribution in [3.05, 3.63) is 76.8 Å². The molecular weight excluding hydrogens is 376 g/mol. The van der Waals surface area contributed by atoms with Crippen LogP contribution in [0.2, 0.25) is 0 Å². The van der Waals surface area contributed by atoms with Gasteiger partial charge in [-0.15, -0.1) is 11.3 Å². The minimum atomic E-state index is -0.431. The average Bonchev–Trinajstić information content (AvgIpc) is 3.15. The number of nitrogens with zero attached hydrogens (tertiary/aromatic N) is 2. The Kier molecular flexibility index (Phi) is 6.52. The maximum absolute atomic E-state index is 12.3. The van der Waals surface area contributed by atoms with Gasteiger partial charge in [0.2, 0.25) is 5.91 Å². The normalized spacial score (nSPS) is 10.5. The second kappa shape index (κ2) is 9.25. The van der Waals surface area contributed by atoms with Gasteiger partial charge in [-0.05, 0) is 29.8 Å². The molecule has 28 heavy (non-hydrogen) atoms. The number of benzene rings is 2. The Bertz CT molecular complexity index is 956. The van der Waals surface area contributed by atoms with E-state index in [0.29, 0.717) is 23.0 Å². The highest BCUT2D eigenvalue weighted by Crippen LogP contribution is 2.29. The summed E-state index contributed by atoms with van der Waals surface area (Å²) in [6.45, 7) is 1.95. The van der Waals surface area contributed by atoms with Gasteiger partial charge in [-0.2, -0.15) is 0 Å². The van der Waals surface area contributed by atoms with Crippen LogP contribution in [0.5, 0.6) is 0 Å². The monoisotopic (exact) mass is 396 g/mol. The van der Waals surface area contributed by atoms with Gasteiger partial charge < -0.3 is 9.47 Å². The Morgan fingerprint density at radius 3 is 2.57 bits per heavy atom. The molecule has 7 heteroatoms. The van der Waals surface area contributed by atoms with Crippen molar-refractivity contribution in [2.24, 2.45) is 0 Å². The number of thiazole rings is 1. The molecule has 0 unspecified atom stereocenters. The van der Waals surface area contributed by atoms with Crippen molar-refractivity contribution in [2.75, 3.05) is 12.0 Å². The molecule has 0 bridgehead atoms. The number of para-hydroxylation sites is 1. The molecule has 144 valence electrons. The van der Waals surface area contributed by atoms with Crippen LogP contribution in [0, 0.1) is 0 Å². The highest BCUT2D eigenvalue weighted by molar-refractivity contribution is 7.14. The van der Waals surface area contributed by atoms with Crippen LogP contribution in [0.4, 0.5) is 10.8 Å². The molecule has 1 amide bonds. The maximum atomic E-state index is 12.3. The summed E-state index contributed by atoms with van der Waals surface area (Å²) in [5, 5.41) is 2.31. The van der Waals surface area contributed by atoms with Crippen LogP contribution >= 0.6 is 11.3 Å². The molecule has 3 rings (SSSR count). The first-order valence-electron chi connectivity index (χ1n) is 8.63. The molecule has 0 atom stereocenters. The first-order valence-corrected chi connectivity index (χ1v) is 9.51. The number of methoxy groups -OCH3 is 1. The number of carbonyl (C=O) groups is 2. The standard InChI is InChI=1S/C21H20N2O4S/c1-15(24)23(19-9-4-3-5-10-19)21-22-18(14-28-21)13-27-20(25)17-8-6-7-16(11-17)12-26-2/h3-11,14H,12-13H2,1-2H3. The van der Waals surface area contributed by atoms with Crippen molar-refractivity contribution >= 4 is 34.0 Å². The number of hydrogen-bond acceptors (Lipinski definition) is 6. The van der Waals surface area contributed by atoms with Gasteiger partial charge in [-0.3, -0.25) is 9.69 Å². The van der Waals surface area contributed by atoms with Gasteiger partial charge in [-0.1, -0.05) is 30.3 Å². The Morgan fingerprint density at radius 1 is 1.07 bits per heavy atom. The van der Waals surface area contributed by atoms with Crippen LogP contribution < -0.4 is 4.90 Å². The van der Waals surface area contributed by atoms with Gasteiger partial charge in [0.1, 0.15) is 6.61 Å². The number of amides is 1. The third kappa shape index (κ3) is 4.82. The second-order valence-corrected chi connectivity index (χ2v) is 6.86.